The summed E-state index contributed by atoms with van der Waals surface area (Å²) in [5.41, 5.74) is 10.9. The van der Waals surface area contributed by atoms with E-state index in [1.165, 1.54) is 17.2 Å². The van der Waals surface area contributed by atoms with Crippen LogP contribution in [0, 0.1) is 0 Å². The Morgan fingerprint density at radius 1 is 0.889 bits per heavy atom. The molecule has 3 aliphatic rings. The van der Waals surface area contributed by atoms with Crippen LogP contribution < -0.4 is 17.0 Å². The third-order valence-corrected chi connectivity index (χ3v) is 9.38. The Hall–Kier alpha value is -3.34. The first kappa shape index (κ1) is 30.3. The second-order valence-corrected chi connectivity index (χ2v) is 13.2. The molecule has 3 fully saturated rings. The van der Waals surface area contributed by atoms with Crippen molar-refractivity contribution in [3.05, 3.63) is 29.3 Å². The average Bonchev–Trinajstić information content (AvgIpc) is 3.72. The minimum Gasteiger partial charge on any atom is -0.387 e. The lowest BCUT2D eigenvalue weighted by molar-refractivity contribution is -0.0637. The first-order valence-corrected chi connectivity index (χ1v) is 16.1. The molecule has 4 aromatic rings. The number of nitrogen functional groups attached to an aromatic ring is 2. The Bertz CT molecular complexity index is 1940. The number of rotatable bonds is 2. The highest BCUT2D eigenvalue weighted by Gasteiger charge is 2.53. The molecule has 0 aliphatic carbocycles. The summed E-state index contributed by atoms with van der Waals surface area (Å²) in [6.07, 6.45) is -8.58. The standard InChI is InChI=1S/C20H23BN10O12P2/c21-44(35)38-1-6-10(32)13(19(40-6)31-5-27-9-16(31)28-20(23)29-17(9)34)43-45(36,37)39-2-7-12(42-44)11(33)18(41-7)30-4-26-8-14(22)24-3-25-15(8)30/h3-7,10-13,18-19,32-33H,1-2H2,(H,36,37)(H2,22,24,25)(H3,23,28,29,34)/t6-,7-,10?,11+,12?,13+,18-,19-,44?/m1/s1. The van der Waals surface area contributed by atoms with Gasteiger partial charge < -0.3 is 45.1 Å². The van der Waals surface area contributed by atoms with Crippen molar-refractivity contribution < 1.29 is 51.8 Å². The number of phosphoric acid groups is 1. The smallest absolute Gasteiger partial charge is 0.387 e. The molecule has 25 heteroatoms. The molecule has 3 aliphatic heterocycles. The van der Waals surface area contributed by atoms with E-state index >= 15 is 0 Å². The number of aromatic nitrogens is 8. The van der Waals surface area contributed by atoms with Crippen LogP contribution in [-0.2, 0) is 36.7 Å². The monoisotopic (exact) mass is 668 g/mol. The van der Waals surface area contributed by atoms with E-state index in [1.807, 2.05) is 0 Å². The maximum atomic E-state index is 13.3. The topological polar surface area (TPSA) is 309 Å². The Balaban J connectivity index is 1.21. The molecule has 2 bridgehead atoms. The highest BCUT2D eigenvalue weighted by molar-refractivity contribution is 7.79. The van der Waals surface area contributed by atoms with Gasteiger partial charge in [-0.2, -0.15) is 4.98 Å². The number of ether oxygens (including phenoxy) is 2. The van der Waals surface area contributed by atoms with E-state index in [9.17, 15) is 29.0 Å². The van der Waals surface area contributed by atoms with Crippen molar-refractivity contribution in [1.82, 2.24) is 39.0 Å². The van der Waals surface area contributed by atoms with Crippen LogP contribution in [0.2, 0.25) is 0 Å². The number of phosphoric ester groups is 1. The second-order valence-electron chi connectivity index (χ2n) is 10.2. The van der Waals surface area contributed by atoms with Gasteiger partial charge in [-0.25, -0.2) is 24.5 Å². The fourth-order valence-corrected chi connectivity index (χ4v) is 7.27. The SMILES string of the molecule is [B]P1(=O)OC[C@H]2O[C@@H](n3cnc4c(=O)[nH]c(N)nc43)[C@@H](OP(=O)(O)OC[C@H]3O[C@@H](n4cnc5c(N)ncnc54)[C@@H](O)C3O1)C2O. The summed E-state index contributed by atoms with van der Waals surface area (Å²) >= 11 is 0. The summed E-state index contributed by atoms with van der Waals surface area (Å²) < 4.78 is 62.0. The first-order chi connectivity index (χ1) is 21.3. The number of nitrogens with two attached hydrogens (primary N) is 2. The van der Waals surface area contributed by atoms with Gasteiger partial charge >= 0.3 is 7.82 Å². The van der Waals surface area contributed by atoms with Crippen molar-refractivity contribution in [3.8, 4) is 0 Å². The van der Waals surface area contributed by atoms with Gasteiger partial charge in [0.05, 0.1) is 25.9 Å². The summed E-state index contributed by atoms with van der Waals surface area (Å²) in [5.74, 6) is -0.213. The van der Waals surface area contributed by atoms with Crippen molar-refractivity contribution in [2.45, 2.75) is 49.1 Å². The van der Waals surface area contributed by atoms with Crippen LogP contribution in [0.3, 0.4) is 0 Å². The number of fused-ring (bicyclic) bond motifs is 5. The van der Waals surface area contributed by atoms with E-state index in [4.69, 9.17) is 46.6 Å². The molecular formula is C20H23BN10O12P2. The summed E-state index contributed by atoms with van der Waals surface area (Å²) in [6.45, 7) is -1.47. The number of hydrogen-bond acceptors (Lipinski definition) is 18. The Kier molecular flexibility index (Phi) is 7.34. The van der Waals surface area contributed by atoms with E-state index in [2.05, 4.69) is 29.9 Å². The zero-order valence-corrected chi connectivity index (χ0v) is 24.3. The van der Waals surface area contributed by atoms with Crippen molar-refractivity contribution in [2.24, 2.45) is 0 Å². The van der Waals surface area contributed by atoms with Crippen molar-refractivity contribution in [1.29, 1.82) is 0 Å². The average molecular weight is 668 g/mol. The highest BCUT2D eigenvalue weighted by atomic mass is 31.2. The maximum absolute atomic E-state index is 13.3. The molecule has 4 unspecified atom stereocenters. The summed E-state index contributed by atoms with van der Waals surface area (Å²) in [5, 5.41) is 22.2. The van der Waals surface area contributed by atoms with Crippen LogP contribution >= 0.6 is 15.3 Å². The van der Waals surface area contributed by atoms with Crippen LogP contribution in [0.5, 0.6) is 0 Å². The van der Waals surface area contributed by atoms with Gasteiger partial charge in [-0.15, -0.1) is 0 Å². The molecule has 7 heterocycles. The van der Waals surface area contributed by atoms with Crippen LogP contribution in [0.15, 0.2) is 23.8 Å². The molecule has 0 amide bonds. The molecule has 2 radical (unpaired) electrons. The number of aliphatic hydroxyl groups excluding tert-OH is 2. The van der Waals surface area contributed by atoms with Crippen LogP contribution in [0.4, 0.5) is 11.8 Å². The molecule has 0 spiro atoms. The number of aliphatic hydroxyl groups is 2. The van der Waals surface area contributed by atoms with Gasteiger partial charge in [0.2, 0.25) is 13.5 Å². The minimum atomic E-state index is -5.08. The highest BCUT2D eigenvalue weighted by Crippen LogP contribution is 2.53. The summed E-state index contributed by atoms with van der Waals surface area (Å²) in [7, 11) is -3.79. The molecule has 0 saturated carbocycles. The van der Waals surface area contributed by atoms with Crippen molar-refractivity contribution in [2.75, 3.05) is 24.7 Å². The van der Waals surface area contributed by atoms with Crippen molar-refractivity contribution >= 4 is 57.0 Å². The molecule has 3 saturated heterocycles. The summed E-state index contributed by atoms with van der Waals surface area (Å²) in [6, 6.07) is 0. The lowest BCUT2D eigenvalue weighted by Gasteiger charge is -2.26. The van der Waals surface area contributed by atoms with Gasteiger partial charge in [0.25, 0.3) is 13.0 Å². The number of hydrogen-bond donors (Lipinski definition) is 6. The van der Waals surface area contributed by atoms with Gasteiger partial charge in [0, 0.05) is 0 Å². The molecular weight excluding hydrogens is 645 g/mol. The number of nitrogens with one attached hydrogen (secondary N) is 1. The van der Waals surface area contributed by atoms with Gasteiger partial charge in [-0.1, -0.05) is 0 Å². The van der Waals surface area contributed by atoms with E-state index < -0.39 is 83.1 Å². The normalized spacial score (nSPS) is 37.7. The van der Waals surface area contributed by atoms with E-state index in [0.29, 0.717) is 0 Å². The quantitative estimate of drug-likeness (QED) is 0.0978. The van der Waals surface area contributed by atoms with Crippen LogP contribution in [0.25, 0.3) is 22.3 Å². The molecule has 238 valence electrons. The number of H-pyrrole nitrogens is 1. The first-order valence-electron chi connectivity index (χ1n) is 13.0. The Morgan fingerprint density at radius 2 is 1.58 bits per heavy atom. The van der Waals surface area contributed by atoms with E-state index in [0.717, 1.165) is 10.9 Å². The van der Waals surface area contributed by atoms with Crippen molar-refractivity contribution in [3.63, 3.8) is 0 Å². The third kappa shape index (κ3) is 5.34. The lowest BCUT2D eigenvalue weighted by atomic mass is 10.1. The second kappa shape index (κ2) is 10.9. The fraction of sp³-hybridized carbons (Fsp3) is 0.500. The van der Waals surface area contributed by atoms with Gasteiger partial charge in [0.1, 0.15) is 48.5 Å². The van der Waals surface area contributed by atoms with Crippen LogP contribution in [-0.4, -0.2) is 112 Å². The van der Waals surface area contributed by atoms with Crippen LogP contribution in [0.1, 0.15) is 12.5 Å². The van der Waals surface area contributed by atoms with Gasteiger partial charge in [-0.05, 0) is 0 Å². The number of aromatic amines is 1. The zero-order valence-electron chi connectivity index (χ0n) is 22.5. The largest absolute Gasteiger partial charge is 0.472 e. The number of anilines is 2. The fourth-order valence-electron chi connectivity index (χ4n) is 5.32. The molecule has 10 atom stereocenters. The third-order valence-electron chi connectivity index (χ3n) is 7.35. The molecule has 22 nitrogen and oxygen atoms in total. The molecule has 8 N–H and O–H groups in total. The van der Waals surface area contributed by atoms with E-state index in [-0.39, 0.29) is 34.1 Å². The minimum absolute atomic E-state index is 0.0543. The zero-order chi connectivity index (χ0) is 31.8. The predicted octanol–water partition coefficient (Wildman–Crippen LogP) is -2.17. The molecule has 45 heavy (non-hydrogen) atoms. The Labute approximate surface area is 251 Å². The molecule has 7 rings (SSSR count). The summed E-state index contributed by atoms with van der Waals surface area (Å²) in [4.78, 5) is 45.4. The Morgan fingerprint density at radius 3 is 2.36 bits per heavy atom. The molecule has 4 aromatic heterocycles. The number of imidazole rings is 2. The van der Waals surface area contributed by atoms with E-state index in [1.54, 1.807) is 0 Å². The lowest BCUT2D eigenvalue weighted by Crippen LogP contribution is -2.36. The molecule has 0 aromatic carbocycles. The number of nitrogens with zero attached hydrogens (tertiary/aromatic N) is 7. The predicted molar refractivity (Wildman–Crippen MR) is 147 cm³/mol. The van der Waals surface area contributed by atoms with Gasteiger partial charge in [-0.3, -0.25) is 32.5 Å². The maximum Gasteiger partial charge on any atom is 0.472 e. The van der Waals surface area contributed by atoms with Gasteiger partial charge in [0.15, 0.2) is 35.1 Å².